The molecule has 0 saturated heterocycles. The van der Waals surface area contributed by atoms with Crippen LogP contribution >= 0.6 is 11.8 Å². The van der Waals surface area contributed by atoms with Crippen LogP contribution in [0.3, 0.4) is 0 Å². The number of nitrogens with one attached hydrogen (secondary N) is 2. The first-order valence-electron chi connectivity index (χ1n) is 10.2. The lowest BCUT2D eigenvalue weighted by atomic mass is 10.2. The number of thioether (sulfide) groups is 1. The number of non-ortho nitro benzene ring substituents is 1. The number of nitro benzene ring substituents is 1. The topological polar surface area (TPSA) is 111 Å². The van der Waals surface area contributed by atoms with Crippen molar-refractivity contribution < 1.29 is 19.2 Å². The van der Waals surface area contributed by atoms with Gasteiger partial charge >= 0.3 is 0 Å². The Bertz CT molecular complexity index is 1150. The molecule has 0 aliphatic carbocycles. The lowest BCUT2D eigenvalue weighted by Crippen LogP contribution is -2.22. The van der Waals surface area contributed by atoms with Crippen LogP contribution in [0.25, 0.3) is 0 Å². The van der Waals surface area contributed by atoms with Crippen molar-refractivity contribution in [2.24, 2.45) is 0 Å². The molecule has 3 aromatic carbocycles. The van der Waals surface area contributed by atoms with Crippen LogP contribution in [0.2, 0.25) is 0 Å². The van der Waals surface area contributed by atoms with E-state index in [1.54, 1.807) is 37.3 Å². The van der Waals surface area contributed by atoms with Crippen molar-refractivity contribution in [1.29, 1.82) is 0 Å². The first-order valence-corrected chi connectivity index (χ1v) is 11.1. The molecular formula is C24H23N3O5S. The van der Waals surface area contributed by atoms with Gasteiger partial charge in [-0.25, -0.2) is 0 Å². The number of rotatable bonds is 9. The number of carbonyl (C=O) groups excluding carboxylic acids is 2. The quantitative estimate of drug-likeness (QED) is 0.250. The maximum Gasteiger partial charge on any atom is 0.269 e. The SMILES string of the molecule is CCOc1ccccc1NC(=O)C(C)Sc1cccc(NC(=O)c2ccc([N+](=O)[O-])cc2)c1. The Hall–Kier alpha value is -3.85. The second kappa shape index (κ2) is 11.1. The largest absolute Gasteiger partial charge is 0.492 e. The minimum Gasteiger partial charge on any atom is -0.492 e. The highest BCUT2D eigenvalue weighted by atomic mass is 32.2. The maximum absolute atomic E-state index is 12.7. The fourth-order valence-corrected chi connectivity index (χ4v) is 3.85. The minimum atomic E-state index is -0.519. The van der Waals surface area contributed by atoms with E-state index in [9.17, 15) is 19.7 Å². The second-order valence-corrected chi connectivity index (χ2v) is 8.38. The lowest BCUT2D eigenvalue weighted by molar-refractivity contribution is -0.384. The van der Waals surface area contributed by atoms with Gasteiger partial charge in [0.2, 0.25) is 5.91 Å². The molecule has 0 bridgehead atoms. The van der Waals surface area contributed by atoms with Crippen molar-refractivity contribution in [3.8, 4) is 5.75 Å². The summed E-state index contributed by atoms with van der Waals surface area (Å²) in [5, 5.41) is 16.0. The molecule has 3 rings (SSSR count). The number of hydrogen-bond acceptors (Lipinski definition) is 6. The second-order valence-electron chi connectivity index (χ2n) is 6.96. The van der Waals surface area contributed by atoms with E-state index < -0.39 is 10.2 Å². The van der Waals surface area contributed by atoms with Crippen LogP contribution in [0.15, 0.2) is 77.7 Å². The first kappa shape index (κ1) is 23.8. The van der Waals surface area contributed by atoms with Crippen LogP contribution in [0.1, 0.15) is 24.2 Å². The number of amides is 2. The summed E-state index contributed by atoms with van der Waals surface area (Å²) in [5.74, 6) is 0.0550. The Morgan fingerprint density at radius 3 is 2.45 bits per heavy atom. The summed E-state index contributed by atoms with van der Waals surface area (Å²) in [6, 6.07) is 19.8. The molecule has 0 radical (unpaired) electrons. The van der Waals surface area contributed by atoms with E-state index >= 15 is 0 Å². The molecule has 0 saturated carbocycles. The third kappa shape index (κ3) is 6.56. The molecule has 2 N–H and O–H groups in total. The predicted molar refractivity (Wildman–Crippen MR) is 129 cm³/mol. The molecule has 0 aromatic heterocycles. The number of carbonyl (C=O) groups is 2. The summed E-state index contributed by atoms with van der Waals surface area (Å²) >= 11 is 1.35. The van der Waals surface area contributed by atoms with Gasteiger partial charge in [0.25, 0.3) is 11.6 Å². The Morgan fingerprint density at radius 2 is 1.76 bits per heavy atom. The van der Waals surface area contributed by atoms with E-state index in [1.165, 1.54) is 36.0 Å². The van der Waals surface area contributed by atoms with E-state index in [0.29, 0.717) is 29.3 Å². The van der Waals surface area contributed by atoms with Gasteiger partial charge in [-0.2, -0.15) is 0 Å². The molecule has 0 heterocycles. The van der Waals surface area contributed by atoms with Crippen molar-refractivity contribution in [2.45, 2.75) is 24.0 Å². The molecule has 0 aliphatic rings. The van der Waals surface area contributed by atoms with Gasteiger partial charge in [-0.1, -0.05) is 18.2 Å². The van der Waals surface area contributed by atoms with E-state index in [-0.39, 0.29) is 17.5 Å². The predicted octanol–water partition coefficient (Wildman–Crippen LogP) is 5.37. The molecule has 0 spiro atoms. The monoisotopic (exact) mass is 465 g/mol. The molecule has 1 unspecified atom stereocenters. The first-order chi connectivity index (χ1) is 15.9. The van der Waals surface area contributed by atoms with Gasteiger partial charge in [-0.15, -0.1) is 11.8 Å². The van der Waals surface area contributed by atoms with Crippen LogP contribution in [-0.2, 0) is 4.79 Å². The van der Waals surface area contributed by atoms with Crippen LogP contribution in [-0.4, -0.2) is 28.6 Å². The summed E-state index contributed by atoms with van der Waals surface area (Å²) in [6.45, 7) is 4.17. The molecule has 170 valence electrons. The number of hydrogen-bond donors (Lipinski definition) is 2. The molecule has 9 heteroatoms. The zero-order chi connectivity index (χ0) is 23.8. The van der Waals surface area contributed by atoms with E-state index in [4.69, 9.17) is 4.74 Å². The molecule has 2 amide bonds. The normalized spacial score (nSPS) is 11.3. The average molecular weight is 466 g/mol. The Kier molecular flexibility index (Phi) is 8.04. The Morgan fingerprint density at radius 1 is 1.03 bits per heavy atom. The molecular weight excluding hydrogens is 442 g/mol. The number of ether oxygens (including phenoxy) is 1. The van der Waals surface area contributed by atoms with Gasteiger partial charge in [-0.3, -0.25) is 19.7 Å². The van der Waals surface area contributed by atoms with Crippen LogP contribution < -0.4 is 15.4 Å². The zero-order valence-corrected chi connectivity index (χ0v) is 18.9. The summed E-state index contributed by atoms with van der Waals surface area (Å²) in [5.41, 5.74) is 1.39. The number of benzene rings is 3. The van der Waals surface area contributed by atoms with Gasteiger partial charge in [-0.05, 0) is 56.3 Å². The average Bonchev–Trinajstić information content (AvgIpc) is 2.80. The van der Waals surface area contributed by atoms with Gasteiger partial charge in [0, 0.05) is 28.3 Å². The molecule has 33 heavy (non-hydrogen) atoms. The third-order valence-corrected chi connectivity index (χ3v) is 5.65. The smallest absolute Gasteiger partial charge is 0.269 e. The number of anilines is 2. The van der Waals surface area contributed by atoms with Gasteiger partial charge in [0.15, 0.2) is 0 Å². The van der Waals surface area contributed by atoms with Crippen molar-refractivity contribution >= 4 is 40.6 Å². The Labute approximate surface area is 195 Å². The van der Waals surface area contributed by atoms with E-state index in [0.717, 1.165) is 4.90 Å². The highest BCUT2D eigenvalue weighted by Gasteiger charge is 2.17. The van der Waals surface area contributed by atoms with E-state index in [2.05, 4.69) is 10.6 Å². The number of para-hydroxylation sites is 2. The highest BCUT2D eigenvalue weighted by molar-refractivity contribution is 8.00. The van der Waals surface area contributed by atoms with Crippen molar-refractivity contribution in [3.63, 3.8) is 0 Å². The standard InChI is InChI=1S/C24H23N3O5S/c1-3-32-22-10-5-4-9-21(22)26-23(28)16(2)33-20-8-6-7-18(15-20)25-24(29)17-11-13-19(14-12-17)27(30)31/h4-16H,3H2,1-2H3,(H,25,29)(H,26,28). The van der Waals surface area contributed by atoms with Gasteiger partial charge in [0.1, 0.15) is 5.75 Å². The third-order valence-electron chi connectivity index (χ3n) is 4.56. The summed E-state index contributed by atoms with van der Waals surface area (Å²) in [6.07, 6.45) is 0. The lowest BCUT2D eigenvalue weighted by Gasteiger charge is -2.15. The Balaban J connectivity index is 1.62. The van der Waals surface area contributed by atoms with E-state index in [1.807, 2.05) is 25.1 Å². The minimum absolute atomic E-state index is 0.0823. The van der Waals surface area contributed by atoms with Gasteiger partial charge in [0.05, 0.1) is 22.5 Å². The number of nitro groups is 1. The maximum atomic E-state index is 12.7. The van der Waals surface area contributed by atoms with Crippen LogP contribution in [0, 0.1) is 10.1 Å². The summed E-state index contributed by atoms with van der Waals surface area (Å²) in [7, 11) is 0. The molecule has 8 nitrogen and oxygen atoms in total. The molecule has 0 fully saturated rings. The zero-order valence-electron chi connectivity index (χ0n) is 18.1. The number of nitrogens with zero attached hydrogens (tertiary/aromatic N) is 1. The molecule has 0 aliphatic heterocycles. The van der Waals surface area contributed by atoms with Crippen LogP contribution in [0.5, 0.6) is 5.75 Å². The fourth-order valence-electron chi connectivity index (χ4n) is 2.93. The summed E-state index contributed by atoms with van der Waals surface area (Å²) < 4.78 is 5.55. The molecule has 1 atom stereocenters. The fraction of sp³-hybridized carbons (Fsp3) is 0.167. The van der Waals surface area contributed by atoms with Gasteiger partial charge < -0.3 is 15.4 Å². The van der Waals surface area contributed by atoms with Crippen molar-refractivity contribution in [2.75, 3.05) is 17.2 Å². The summed E-state index contributed by atoms with van der Waals surface area (Å²) in [4.78, 5) is 36.2. The van der Waals surface area contributed by atoms with Crippen LogP contribution in [0.4, 0.5) is 17.1 Å². The highest BCUT2D eigenvalue weighted by Crippen LogP contribution is 2.29. The van der Waals surface area contributed by atoms with Crippen molar-refractivity contribution in [1.82, 2.24) is 0 Å². The molecule has 3 aromatic rings. The van der Waals surface area contributed by atoms with Crippen molar-refractivity contribution in [3.05, 3.63) is 88.5 Å².